The van der Waals surface area contributed by atoms with Crippen LogP contribution >= 0.6 is 0 Å². The Morgan fingerprint density at radius 3 is 1.61 bits per heavy atom. The van der Waals surface area contributed by atoms with E-state index in [9.17, 15) is 4.79 Å². The van der Waals surface area contributed by atoms with Crippen LogP contribution in [0.2, 0.25) is 0 Å². The van der Waals surface area contributed by atoms with Gasteiger partial charge in [-0.05, 0) is 25.7 Å². The lowest BCUT2D eigenvalue weighted by Crippen LogP contribution is -2.14. The van der Waals surface area contributed by atoms with Crippen LogP contribution in [0.25, 0.3) is 0 Å². The largest absolute Gasteiger partial charge is 0.299 e. The summed E-state index contributed by atoms with van der Waals surface area (Å²) in [5.41, 5.74) is 0. The Morgan fingerprint density at radius 2 is 1.22 bits per heavy atom. The van der Waals surface area contributed by atoms with Crippen LogP contribution in [0.5, 0.6) is 0 Å². The van der Waals surface area contributed by atoms with Gasteiger partial charge in [-0.3, -0.25) is 4.79 Å². The molecule has 1 saturated carbocycles. The molecule has 2 atom stereocenters. The maximum absolute atomic E-state index is 12.2. The van der Waals surface area contributed by atoms with Crippen molar-refractivity contribution in [1.82, 2.24) is 0 Å². The van der Waals surface area contributed by atoms with Crippen LogP contribution in [0, 0.1) is 11.8 Å². The highest BCUT2D eigenvalue weighted by molar-refractivity contribution is 5.85. The zero-order chi connectivity index (χ0) is 13.2. The molecule has 1 heteroatoms. The Kier molecular flexibility index (Phi) is 8.37. The van der Waals surface area contributed by atoms with E-state index in [2.05, 4.69) is 13.8 Å². The van der Waals surface area contributed by atoms with Gasteiger partial charge in [0.2, 0.25) is 0 Å². The van der Waals surface area contributed by atoms with Crippen molar-refractivity contribution in [2.45, 2.75) is 90.9 Å². The molecule has 1 aliphatic carbocycles. The predicted octanol–water partition coefficient (Wildman–Crippen LogP) is 5.52. The van der Waals surface area contributed by atoms with E-state index in [4.69, 9.17) is 0 Å². The van der Waals surface area contributed by atoms with Crippen molar-refractivity contribution in [3.63, 3.8) is 0 Å². The third kappa shape index (κ3) is 5.54. The molecule has 0 radical (unpaired) electrons. The maximum atomic E-state index is 12.2. The van der Waals surface area contributed by atoms with E-state index in [1.165, 1.54) is 77.0 Å². The number of rotatable bonds is 10. The summed E-state index contributed by atoms with van der Waals surface area (Å²) < 4.78 is 0. The summed E-state index contributed by atoms with van der Waals surface area (Å²) in [5.74, 6) is 1.47. The van der Waals surface area contributed by atoms with Gasteiger partial charge in [-0.25, -0.2) is 0 Å². The molecule has 18 heavy (non-hydrogen) atoms. The molecule has 0 saturated heterocycles. The quantitative estimate of drug-likeness (QED) is 0.468. The minimum Gasteiger partial charge on any atom is -0.299 e. The van der Waals surface area contributed by atoms with E-state index in [0.29, 0.717) is 17.6 Å². The van der Waals surface area contributed by atoms with Gasteiger partial charge in [0, 0.05) is 11.8 Å². The Morgan fingerprint density at radius 1 is 0.778 bits per heavy atom. The highest BCUT2D eigenvalue weighted by Crippen LogP contribution is 2.34. The van der Waals surface area contributed by atoms with Crippen LogP contribution in [0.15, 0.2) is 0 Å². The van der Waals surface area contributed by atoms with Gasteiger partial charge in [0.25, 0.3) is 0 Å². The second-order valence-corrected chi connectivity index (χ2v) is 6.07. The third-order valence-corrected chi connectivity index (χ3v) is 4.48. The zero-order valence-electron chi connectivity index (χ0n) is 12.5. The van der Waals surface area contributed by atoms with Crippen LogP contribution in [0.1, 0.15) is 90.9 Å². The Bertz CT molecular complexity index is 200. The molecule has 1 rings (SSSR count). The van der Waals surface area contributed by atoms with Crippen molar-refractivity contribution in [3.8, 4) is 0 Å². The second-order valence-electron chi connectivity index (χ2n) is 6.07. The summed E-state index contributed by atoms with van der Waals surface area (Å²) in [6, 6.07) is 0. The molecule has 0 heterocycles. The number of carbonyl (C=O) groups is 1. The summed E-state index contributed by atoms with van der Waals surface area (Å²) in [6.07, 6.45) is 15.1. The predicted molar refractivity (Wildman–Crippen MR) is 78.7 cm³/mol. The van der Waals surface area contributed by atoms with Gasteiger partial charge < -0.3 is 0 Å². The first-order valence-electron chi connectivity index (χ1n) is 8.33. The molecule has 0 aliphatic heterocycles. The molecule has 0 N–H and O–H groups in total. The second kappa shape index (κ2) is 9.58. The fourth-order valence-electron chi connectivity index (χ4n) is 3.23. The van der Waals surface area contributed by atoms with E-state index in [-0.39, 0.29) is 0 Å². The summed E-state index contributed by atoms with van der Waals surface area (Å²) >= 11 is 0. The lowest BCUT2D eigenvalue weighted by Gasteiger charge is -2.10. The van der Waals surface area contributed by atoms with Crippen molar-refractivity contribution in [3.05, 3.63) is 0 Å². The monoisotopic (exact) mass is 252 g/mol. The molecular weight excluding hydrogens is 220 g/mol. The molecule has 106 valence electrons. The van der Waals surface area contributed by atoms with Crippen molar-refractivity contribution in [2.75, 3.05) is 0 Å². The molecule has 1 nitrogen and oxygen atoms in total. The number of hydrogen-bond acceptors (Lipinski definition) is 1. The highest BCUT2D eigenvalue weighted by atomic mass is 16.1. The summed E-state index contributed by atoms with van der Waals surface area (Å²) in [6.45, 7) is 4.49. The van der Waals surface area contributed by atoms with Gasteiger partial charge in [-0.1, -0.05) is 65.2 Å². The summed E-state index contributed by atoms with van der Waals surface area (Å²) in [7, 11) is 0. The topological polar surface area (TPSA) is 17.1 Å². The maximum Gasteiger partial charge on any atom is 0.139 e. The molecule has 1 fully saturated rings. The van der Waals surface area contributed by atoms with Crippen molar-refractivity contribution >= 4 is 5.78 Å². The minimum atomic E-state index is 0.429. The summed E-state index contributed by atoms with van der Waals surface area (Å²) in [5, 5.41) is 0. The normalized spacial score (nSPS) is 23.8. The average Bonchev–Trinajstić information content (AvgIpc) is 2.72. The van der Waals surface area contributed by atoms with Gasteiger partial charge in [-0.2, -0.15) is 0 Å². The van der Waals surface area contributed by atoms with Gasteiger partial charge >= 0.3 is 0 Å². The highest BCUT2D eigenvalue weighted by Gasteiger charge is 2.32. The fourth-order valence-corrected chi connectivity index (χ4v) is 3.23. The average molecular weight is 252 g/mol. The van der Waals surface area contributed by atoms with Crippen LogP contribution in [-0.4, -0.2) is 5.78 Å². The molecular formula is C17H32O. The van der Waals surface area contributed by atoms with Gasteiger partial charge in [-0.15, -0.1) is 0 Å². The van der Waals surface area contributed by atoms with Crippen molar-refractivity contribution in [1.29, 1.82) is 0 Å². The first-order chi connectivity index (χ1) is 8.79. The molecule has 0 aromatic rings. The molecule has 0 amide bonds. The lowest BCUT2D eigenvalue weighted by atomic mass is 9.94. The number of hydrogen-bond donors (Lipinski definition) is 0. The molecule has 0 spiro atoms. The molecule has 1 aliphatic rings. The van der Waals surface area contributed by atoms with Crippen LogP contribution in [0.3, 0.4) is 0 Å². The Labute approximate surface area is 114 Å². The number of unbranched alkanes of at least 4 members (excludes halogenated alkanes) is 6. The number of Topliss-reactive ketones (excluding diaryl/α,β-unsaturated/α-hetero) is 1. The Hall–Kier alpha value is -0.330. The van der Waals surface area contributed by atoms with Crippen molar-refractivity contribution in [2.24, 2.45) is 11.8 Å². The lowest BCUT2D eigenvalue weighted by molar-refractivity contribution is -0.124. The van der Waals surface area contributed by atoms with Crippen LogP contribution in [-0.2, 0) is 4.79 Å². The SMILES string of the molecule is CCCCCCC1CCC(CCCCCC)C1=O. The van der Waals surface area contributed by atoms with Gasteiger partial charge in [0.1, 0.15) is 5.78 Å². The van der Waals surface area contributed by atoms with E-state index < -0.39 is 0 Å². The fraction of sp³-hybridized carbons (Fsp3) is 0.941. The number of ketones is 1. The van der Waals surface area contributed by atoms with Gasteiger partial charge in [0.15, 0.2) is 0 Å². The number of carbonyl (C=O) groups excluding carboxylic acids is 1. The van der Waals surface area contributed by atoms with E-state index in [1.54, 1.807) is 0 Å². The summed E-state index contributed by atoms with van der Waals surface area (Å²) in [4.78, 5) is 12.2. The Balaban J connectivity index is 2.12. The van der Waals surface area contributed by atoms with E-state index >= 15 is 0 Å². The first kappa shape index (κ1) is 15.7. The van der Waals surface area contributed by atoms with E-state index in [0.717, 1.165) is 0 Å². The van der Waals surface area contributed by atoms with Crippen LogP contribution < -0.4 is 0 Å². The third-order valence-electron chi connectivity index (χ3n) is 4.48. The zero-order valence-corrected chi connectivity index (χ0v) is 12.5. The van der Waals surface area contributed by atoms with E-state index in [1.807, 2.05) is 0 Å². The van der Waals surface area contributed by atoms with Gasteiger partial charge in [0.05, 0.1) is 0 Å². The van der Waals surface area contributed by atoms with Crippen molar-refractivity contribution < 1.29 is 4.79 Å². The molecule has 2 unspecified atom stereocenters. The van der Waals surface area contributed by atoms with Crippen LogP contribution in [0.4, 0.5) is 0 Å². The smallest absolute Gasteiger partial charge is 0.139 e. The first-order valence-corrected chi connectivity index (χ1v) is 8.33. The minimum absolute atomic E-state index is 0.429. The molecule has 0 bridgehead atoms. The molecule has 0 aromatic carbocycles. The standard InChI is InChI=1S/C17H32O/c1-3-5-7-9-11-15-13-14-16(17(15)18)12-10-8-6-4-2/h15-16H,3-14H2,1-2H3. The molecule has 0 aromatic heterocycles.